The molecular weight excluding hydrogens is 407 g/mol. The number of hydrogen-bond acceptors (Lipinski definition) is 4. The second-order valence-electron chi connectivity index (χ2n) is 5.80. The van der Waals surface area contributed by atoms with Crippen LogP contribution in [0.4, 0.5) is 10.5 Å². The van der Waals surface area contributed by atoms with Crippen LogP contribution in [0.1, 0.15) is 11.1 Å². The highest BCUT2D eigenvalue weighted by atomic mass is 35.5. The summed E-state index contributed by atoms with van der Waals surface area (Å²) in [6, 6.07) is 12.1. The molecule has 1 heterocycles. The topological polar surface area (TPSA) is 66.5 Å². The quantitative estimate of drug-likeness (QED) is 0.708. The van der Waals surface area contributed by atoms with Crippen molar-refractivity contribution >= 4 is 63.8 Å². The predicted octanol–water partition coefficient (Wildman–Crippen LogP) is 4.98. The Morgan fingerprint density at radius 3 is 2.67 bits per heavy atom. The molecule has 0 aromatic heterocycles. The smallest absolute Gasteiger partial charge is 0.294 e. The fraction of sp³-hybridized carbons (Fsp3) is 0.105. The van der Waals surface area contributed by atoms with E-state index < -0.39 is 17.1 Å². The number of imide groups is 1. The first-order valence-corrected chi connectivity index (χ1v) is 9.48. The third-order valence-electron chi connectivity index (χ3n) is 3.84. The minimum Gasteiger partial charge on any atom is -0.324 e. The molecular formula is C19H14Cl2N2O3S. The Bertz CT molecular complexity index is 975. The van der Waals surface area contributed by atoms with Gasteiger partial charge in [0.25, 0.3) is 11.1 Å². The Morgan fingerprint density at radius 1 is 1.19 bits per heavy atom. The van der Waals surface area contributed by atoms with Gasteiger partial charge < -0.3 is 5.32 Å². The monoisotopic (exact) mass is 420 g/mol. The molecule has 2 aromatic rings. The minimum atomic E-state index is -0.525. The fourth-order valence-corrected chi connectivity index (χ4v) is 3.62. The molecule has 3 rings (SSSR count). The molecule has 3 amide bonds. The number of rotatable bonds is 4. The molecule has 8 heteroatoms. The maximum absolute atomic E-state index is 12.5. The summed E-state index contributed by atoms with van der Waals surface area (Å²) in [5, 5.41) is 3.12. The van der Waals surface area contributed by atoms with Crippen LogP contribution in [-0.2, 0) is 9.59 Å². The SMILES string of the molecule is Cc1ccc(Cl)cc1NC(=O)CN1C(=O)S/C(=C/c2ccccc2Cl)C1=O. The van der Waals surface area contributed by atoms with Crippen LogP contribution < -0.4 is 5.32 Å². The first-order valence-electron chi connectivity index (χ1n) is 7.91. The van der Waals surface area contributed by atoms with Crippen LogP contribution in [0.5, 0.6) is 0 Å². The highest BCUT2D eigenvalue weighted by Crippen LogP contribution is 2.33. The lowest BCUT2D eigenvalue weighted by molar-refractivity contribution is -0.127. The molecule has 0 saturated carbocycles. The van der Waals surface area contributed by atoms with Gasteiger partial charge in [0.05, 0.1) is 4.91 Å². The lowest BCUT2D eigenvalue weighted by Crippen LogP contribution is -2.36. The first-order chi connectivity index (χ1) is 12.8. The number of thioether (sulfide) groups is 1. The zero-order chi connectivity index (χ0) is 19.6. The van der Waals surface area contributed by atoms with E-state index in [1.54, 1.807) is 48.5 Å². The highest BCUT2D eigenvalue weighted by Gasteiger charge is 2.36. The highest BCUT2D eigenvalue weighted by molar-refractivity contribution is 8.18. The van der Waals surface area contributed by atoms with Gasteiger partial charge in [-0.25, -0.2) is 0 Å². The van der Waals surface area contributed by atoms with Gasteiger partial charge in [-0.15, -0.1) is 0 Å². The van der Waals surface area contributed by atoms with Crippen LogP contribution >= 0.6 is 35.0 Å². The Kier molecular flexibility index (Phi) is 5.89. The summed E-state index contributed by atoms with van der Waals surface area (Å²) in [6.45, 7) is 1.44. The Balaban J connectivity index is 1.73. The second kappa shape index (κ2) is 8.17. The molecule has 0 radical (unpaired) electrons. The zero-order valence-electron chi connectivity index (χ0n) is 14.2. The normalized spacial score (nSPS) is 15.5. The average molecular weight is 421 g/mol. The number of carbonyl (C=O) groups is 3. The van der Waals surface area contributed by atoms with E-state index in [0.717, 1.165) is 22.2 Å². The molecule has 1 fully saturated rings. The molecule has 5 nitrogen and oxygen atoms in total. The van der Waals surface area contributed by atoms with Crippen LogP contribution in [0.3, 0.4) is 0 Å². The fourth-order valence-electron chi connectivity index (χ4n) is 2.43. The van der Waals surface area contributed by atoms with Crippen molar-refractivity contribution in [2.45, 2.75) is 6.92 Å². The first kappa shape index (κ1) is 19.5. The van der Waals surface area contributed by atoms with E-state index in [-0.39, 0.29) is 11.4 Å². The van der Waals surface area contributed by atoms with Crippen molar-refractivity contribution in [3.63, 3.8) is 0 Å². The van der Waals surface area contributed by atoms with E-state index >= 15 is 0 Å². The lowest BCUT2D eigenvalue weighted by atomic mass is 10.2. The van der Waals surface area contributed by atoms with E-state index in [9.17, 15) is 14.4 Å². The molecule has 0 unspecified atom stereocenters. The predicted molar refractivity (Wildman–Crippen MR) is 109 cm³/mol. The third-order valence-corrected chi connectivity index (χ3v) is 5.33. The van der Waals surface area contributed by atoms with Crippen LogP contribution in [-0.4, -0.2) is 28.5 Å². The number of halogens is 2. The molecule has 138 valence electrons. The summed E-state index contributed by atoms with van der Waals surface area (Å²) in [6.07, 6.45) is 1.55. The molecule has 0 spiro atoms. The number of aryl methyl sites for hydroxylation is 1. The van der Waals surface area contributed by atoms with Gasteiger partial charge in [0, 0.05) is 15.7 Å². The van der Waals surface area contributed by atoms with Crippen molar-refractivity contribution in [1.29, 1.82) is 0 Å². The van der Waals surface area contributed by atoms with Gasteiger partial charge in [-0.3, -0.25) is 19.3 Å². The maximum Gasteiger partial charge on any atom is 0.294 e. The van der Waals surface area contributed by atoms with E-state index in [2.05, 4.69) is 5.32 Å². The summed E-state index contributed by atoms with van der Waals surface area (Å²) < 4.78 is 0. The number of nitrogens with zero attached hydrogens (tertiary/aromatic N) is 1. The second-order valence-corrected chi connectivity index (χ2v) is 7.63. The molecule has 1 aliphatic heterocycles. The molecule has 0 atom stereocenters. The van der Waals surface area contributed by atoms with Crippen LogP contribution in [0.2, 0.25) is 10.0 Å². The van der Waals surface area contributed by atoms with Gasteiger partial charge in [-0.2, -0.15) is 0 Å². The van der Waals surface area contributed by atoms with E-state index in [1.165, 1.54) is 0 Å². The molecule has 1 N–H and O–H groups in total. The number of hydrogen-bond donors (Lipinski definition) is 1. The van der Waals surface area contributed by atoms with Crippen molar-refractivity contribution < 1.29 is 14.4 Å². The Hall–Kier alpha value is -2.28. The van der Waals surface area contributed by atoms with Gasteiger partial charge >= 0.3 is 0 Å². The molecule has 0 aliphatic carbocycles. The van der Waals surface area contributed by atoms with Crippen molar-refractivity contribution in [3.05, 3.63) is 68.5 Å². The number of benzene rings is 2. The lowest BCUT2D eigenvalue weighted by Gasteiger charge is -2.13. The largest absolute Gasteiger partial charge is 0.324 e. The molecule has 27 heavy (non-hydrogen) atoms. The van der Waals surface area contributed by atoms with Gasteiger partial charge in [0.2, 0.25) is 5.91 Å². The minimum absolute atomic E-state index is 0.222. The van der Waals surface area contributed by atoms with E-state index in [0.29, 0.717) is 21.3 Å². The number of anilines is 1. The summed E-state index contributed by atoms with van der Waals surface area (Å²) in [7, 11) is 0. The number of amides is 3. The maximum atomic E-state index is 12.5. The van der Waals surface area contributed by atoms with Gasteiger partial charge in [0.15, 0.2) is 0 Å². The molecule has 2 aromatic carbocycles. The van der Waals surface area contributed by atoms with E-state index in [4.69, 9.17) is 23.2 Å². The van der Waals surface area contributed by atoms with Crippen molar-refractivity contribution in [3.8, 4) is 0 Å². The Labute approximate surface area is 170 Å². The summed E-state index contributed by atoms with van der Waals surface area (Å²) in [5.74, 6) is -1.01. The number of nitrogens with one attached hydrogen (secondary N) is 1. The van der Waals surface area contributed by atoms with Crippen LogP contribution in [0.15, 0.2) is 47.4 Å². The summed E-state index contributed by atoms with van der Waals surface area (Å²) in [5.41, 5.74) is 1.98. The molecule has 0 bridgehead atoms. The zero-order valence-corrected chi connectivity index (χ0v) is 16.5. The molecule has 1 aliphatic rings. The molecule has 1 saturated heterocycles. The third kappa shape index (κ3) is 4.53. The van der Waals surface area contributed by atoms with Crippen molar-refractivity contribution in [2.24, 2.45) is 0 Å². The standard InChI is InChI=1S/C19H14Cl2N2O3S/c1-11-6-7-13(20)9-15(11)22-17(24)10-23-18(25)16(27-19(23)26)8-12-4-2-3-5-14(12)21/h2-9H,10H2,1H3,(H,22,24)/b16-8+. The van der Waals surface area contributed by atoms with Gasteiger partial charge in [0.1, 0.15) is 6.54 Å². The van der Waals surface area contributed by atoms with Crippen LogP contribution in [0, 0.1) is 6.92 Å². The average Bonchev–Trinajstić information content (AvgIpc) is 2.87. The number of carbonyl (C=O) groups excluding carboxylic acids is 3. The van der Waals surface area contributed by atoms with Gasteiger partial charge in [-0.1, -0.05) is 47.5 Å². The summed E-state index contributed by atoms with van der Waals surface area (Å²) >= 11 is 12.8. The van der Waals surface area contributed by atoms with Gasteiger partial charge in [-0.05, 0) is 54.1 Å². The van der Waals surface area contributed by atoms with Crippen LogP contribution in [0.25, 0.3) is 6.08 Å². The van der Waals surface area contributed by atoms with Crippen molar-refractivity contribution in [1.82, 2.24) is 4.90 Å². The van der Waals surface area contributed by atoms with Crippen molar-refractivity contribution in [2.75, 3.05) is 11.9 Å². The van der Waals surface area contributed by atoms with E-state index in [1.807, 2.05) is 6.92 Å². The Morgan fingerprint density at radius 2 is 1.93 bits per heavy atom. The summed E-state index contributed by atoms with van der Waals surface area (Å²) in [4.78, 5) is 38.1.